The van der Waals surface area contributed by atoms with E-state index in [-0.39, 0.29) is 5.92 Å². The van der Waals surface area contributed by atoms with Crippen molar-refractivity contribution in [2.75, 3.05) is 19.6 Å². The van der Waals surface area contributed by atoms with Gasteiger partial charge in [0.2, 0.25) is 0 Å². The molecule has 2 N–H and O–H groups in total. The SMILES string of the molecule is OC(CN1CCC(C(O)(c2ccccc2)c2ccccc2)CC1)c1cccs1. The summed E-state index contributed by atoms with van der Waals surface area (Å²) in [6, 6.07) is 24.0. The summed E-state index contributed by atoms with van der Waals surface area (Å²) in [5.74, 6) is 0.146. The fraction of sp³-hybridized carbons (Fsp3) is 0.333. The van der Waals surface area contributed by atoms with Gasteiger partial charge in [0.1, 0.15) is 11.7 Å². The lowest BCUT2D eigenvalue weighted by atomic mass is 9.72. The van der Waals surface area contributed by atoms with Gasteiger partial charge >= 0.3 is 0 Å². The first kappa shape index (κ1) is 19.3. The number of piperidine rings is 1. The van der Waals surface area contributed by atoms with Gasteiger partial charge < -0.3 is 15.1 Å². The van der Waals surface area contributed by atoms with E-state index in [1.807, 2.05) is 78.2 Å². The third-order valence-corrected chi connectivity index (χ3v) is 6.88. The number of aliphatic hydroxyl groups excluding tert-OH is 1. The van der Waals surface area contributed by atoms with Crippen LogP contribution >= 0.6 is 11.3 Å². The Balaban J connectivity index is 1.50. The molecule has 0 amide bonds. The van der Waals surface area contributed by atoms with E-state index in [1.54, 1.807) is 11.3 Å². The largest absolute Gasteiger partial charge is 0.386 e. The summed E-state index contributed by atoms with van der Waals surface area (Å²) >= 11 is 1.60. The number of likely N-dealkylation sites (tertiary alicyclic amines) is 1. The summed E-state index contributed by atoms with van der Waals surface area (Å²) in [6.45, 7) is 2.42. The highest BCUT2D eigenvalue weighted by Gasteiger charge is 2.41. The molecule has 1 aliphatic rings. The van der Waals surface area contributed by atoms with Crippen molar-refractivity contribution in [3.05, 3.63) is 94.2 Å². The molecule has 1 unspecified atom stereocenters. The molecule has 0 spiro atoms. The minimum absolute atomic E-state index is 0.146. The zero-order chi connectivity index (χ0) is 19.4. The fourth-order valence-corrected chi connectivity index (χ4v) is 5.07. The van der Waals surface area contributed by atoms with Crippen molar-refractivity contribution < 1.29 is 10.2 Å². The molecule has 0 radical (unpaired) electrons. The van der Waals surface area contributed by atoms with Gasteiger partial charge in [0, 0.05) is 11.4 Å². The summed E-state index contributed by atoms with van der Waals surface area (Å²) < 4.78 is 0. The van der Waals surface area contributed by atoms with E-state index in [0.29, 0.717) is 6.54 Å². The Hall–Kier alpha value is -1.98. The Morgan fingerprint density at radius 2 is 1.46 bits per heavy atom. The molecule has 3 aromatic rings. The second kappa shape index (κ2) is 8.58. The quantitative estimate of drug-likeness (QED) is 0.651. The van der Waals surface area contributed by atoms with Gasteiger partial charge in [0.25, 0.3) is 0 Å². The van der Waals surface area contributed by atoms with Crippen LogP contribution in [0.3, 0.4) is 0 Å². The average molecular weight is 394 g/mol. The Morgan fingerprint density at radius 3 is 1.96 bits per heavy atom. The van der Waals surface area contributed by atoms with E-state index in [0.717, 1.165) is 41.9 Å². The Bertz CT molecular complexity index is 803. The Labute approximate surface area is 170 Å². The van der Waals surface area contributed by atoms with E-state index >= 15 is 0 Å². The monoisotopic (exact) mass is 393 g/mol. The van der Waals surface area contributed by atoms with Crippen molar-refractivity contribution in [1.82, 2.24) is 4.90 Å². The van der Waals surface area contributed by atoms with Crippen LogP contribution in [0.5, 0.6) is 0 Å². The van der Waals surface area contributed by atoms with Gasteiger partial charge in [-0.1, -0.05) is 66.7 Å². The number of β-amino-alcohol motifs (C(OH)–C–C–N with tert-alkyl or cyclic N) is 1. The Kier molecular flexibility index (Phi) is 5.93. The second-order valence-corrected chi connectivity index (χ2v) is 8.58. The van der Waals surface area contributed by atoms with Gasteiger partial charge in [-0.05, 0) is 54.4 Å². The molecule has 1 aromatic heterocycles. The summed E-state index contributed by atoms with van der Waals surface area (Å²) in [6.07, 6.45) is 1.37. The highest BCUT2D eigenvalue weighted by Crippen LogP contribution is 2.42. The van der Waals surface area contributed by atoms with Crippen molar-refractivity contribution >= 4 is 11.3 Å². The molecule has 0 aliphatic carbocycles. The molecule has 1 aliphatic heterocycles. The summed E-state index contributed by atoms with van der Waals surface area (Å²) in [7, 11) is 0. The minimum Gasteiger partial charge on any atom is -0.386 e. The van der Waals surface area contributed by atoms with Crippen LogP contribution in [-0.4, -0.2) is 34.7 Å². The van der Waals surface area contributed by atoms with Crippen molar-refractivity contribution in [3.8, 4) is 0 Å². The standard InChI is InChI=1S/C24H27NO2S/c26-22(23-12-7-17-28-23)18-25-15-13-21(14-16-25)24(27,19-8-3-1-4-9-19)20-10-5-2-6-11-20/h1-12,17,21-22,26-27H,13-16,18H2. The molecule has 4 heteroatoms. The van der Waals surface area contributed by atoms with Crippen LogP contribution in [0.1, 0.15) is 34.9 Å². The number of aliphatic hydroxyl groups is 2. The molecule has 1 fully saturated rings. The number of hydrogen-bond acceptors (Lipinski definition) is 4. The first-order valence-electron chi connectivity index (χ1n) is 9.95. The highest BCUT2D eigenvalue weighted by atomic mass is 32.1. The summed E-state index contributed by atoms with van der Waals surface area (Å²) in [5, 5.41) is 24.4. The van der Waals surface area contributed by atoms with Crippen LogP contribution in [0.25, 0.3) is 0 Å². The number of thiophene rings is 1. The maximum atomic E-state index is 11.9. The van der Waals surface area contributed by atoms with E-state index in [4.69, 9.17) is 0 Å². The molecule has 146 valence electrons. The molecule has 1 atom stereocenters. The molecule has 1 saturated heterocycles. The van der Waals surface area contributed by atoms with Gasteiger partial charge in [-0.15, -0.1) is 11.3 Å². The van der Waals surface area contributed by atoms with E-state index in [1.165, 1.54) is 0 Å². The van der Waals surface area contributed by atoms with Crippen LogP contribution in [0, 0.1) is 5.92 Å². The van der Waals surface area contributed by atoms with Crippen LogP contribution < -0.4 is 0 Å². The number of hydrogen-bond donors (Lipinski definition) is 2. The van der Waals surface area contributed by atoms with Crippen LogP contribution in [-0.2, 0) is 5.60 Å². The summed E-state index contributed by atoms with van der Waals surface area (Å²) in [4.78, 5) is 3.34. The lowest BCUT2D eigenvalue weighted by molar-refractivity contribution is -0.0197. The molecule has 2 aromatic carbocycles. The van der Waals surface area contributed by atoms with Crippen molar-refractivity contribution in [2.24, 2.45) is 5.92 Å². The molecule has 28 heavy (non-hydrogen) atoms. The zero-order valence-electron chi connectivity index (χ0n) is 15.9. The predicted octanol–water partition coefficient (Wildman–Crippen LogP) is 4.43. The first-order chi connectivity index (χ1) is 13.7. The fourth-order valence-electron chi connectivity index (χ4n) is 4.37. The molecular formula is C24H27NO2S. The van der Waals surface area contributed by atoms with Crippen molar-refractivity contribution in [1.29, 1.82) is 0 Å². The highest BCUT2D eigenvalue weighted by molar-refractivity contribution is 7.10. The van der Waals surface area contributed by atoms with Gasteiger partial charge in [0.05, 0.1) is 0 Å². The van der Waals surface area contributed by atoms with Crippen LogP contribution in [0.2, 0.25) is 0 Å². The summed E-state index contributed by atoms with van der Waals surface area (Å²) in [5.41, 5.74) is 0.928. The van der Waals surface area contributed by atoms with Crippen molar-refractivity contribution in [3.63, 3.8) is 0 Å². The minimum atomic E-state index is -0.985. The first-order valence-corrected chi connectivity index (χ1v) is 10.8. The third kappa shape index (κ3) is 3.91. The van der Waals surface area contributed by atoms with E-state index in [9.17, 15) is 10.2 Å². The number of benzene rings is 2. The van der Waals surface area contributed by atoms with Crippen LogP contribution in [0.4, 0.5) is 0 Å². The lowest BCUT2D eigenvalue weighted by Gasteiger charge is -2.42. The topological polar surface area (TPSA) is 43.7 Å². The predicted molar refractivity (Wildman–Crippen MR) is 114 cm³/mol. The Morgan fingerprint density at radius 1 is 0.893 bits per heavy atom. The zero-order valence-corrected chi connectivity index (χ0v) is 16.8. The van der Waals surface area contributed by atoms with Gasteiger partial charge in [-0.2, -0.15) is 0 Å². The number of nitrogens with zero attached hydrogens (tertiary/aromatic N) is 1. The lowest BCUT2D eigenvalue weighted by Crippen LogP contribution is -2.45. The average Bonchev–Trinajstić information content (AvgIpc) is 3.30. The van der Waals surface area contributed by atoms with Gasteiger partial charge in [-0.3, -0.25) is 0 Å². The molecule has 3 nitrogen and oxygen atoms in total. The molecule has 4 rings (SSSR count). The smallest absolute Gasteiger partial charge is 0.117 e. The molecule has 2 heterocycles. The second-order valence-electron chi connectivity index (χ2n) is 7.60. The number of rotatable bonds is 6. The van der Waals surface area contributed by atoms with Gasteiger partial charge in [0.15, 0.2) is 0 Å². The molecular weight excluding hydrogens is 366 g/mol. The molecule has 0 saturated carbocycles. The maximum Gasteiger partial charge on any atom is 0.117 e. The van der Waals surface area contributed by atoms with Crippen LogP contribution in [0.15, 0.2) is 78.2 Å². The van der Waals surface area contributed by atoms with E-state index in [2.05, 4.69) is 4.90 Å². The van der Waals surface area contributed by atoms with Gasteiger partial charge in [-0.25, -0.2) is 0 Å². The molecule has 0 bridgehead atoms. The normalized spacial score (nSPS) is 17.5. The van der Waals surface area contributed by atoms with Crippen molar-refractivity contribution in [2.45, 2.75) is 24.5 Å². The van der Waals surface area contributed by atoms with E-state index < -0.39 is 11.7 Å². The third-order valence-electron chi connectivity index (χ3n) is 5.91. The maximum absolute atomic E-state index is 11.9.